The molecule has 6 heterocycles. The summed E-state index contributed by atoms with van der Waals surface area (Å²) in [6, 6.07) is 6.41. The predicted molar refractivity (Wildman–Crippen MR) is 164 cm³/mol. The van der Waals surface area contributed by atoms with E-state index >= 15 is 4.39 Å². The Morgan fingerprint density at radius 2 is 1.95 bits per heavy atom. The number of benzene rings is 2. The highest BCUT2D eigenvalue weighted by molar-refractivity contribution is 6.01. The molecule has 4 atom stereocenters. The number of aromatic hydroxyl groups is 1. The number of rotatable bonds is 6. The van der Waals surface area contributed by atoms with Crippen molar-refractivity contribution in [3.63, 3.8) is 0 Å². The number of morpholine rings is 1. The average molecular weight is 602 g/mol. The fraction of sp³-hybridized carbons (Fsp3) is 0.500. The van der Waals surface area contributed by atoms with Crippen LogP contribution in [0.1, 0.15) is 51.5 Å². The molecule has 230 valence electrons. The van der Waals surface area contributed by atoms with E-state index in [-0.39, 0.29) is 46.4 Å². The summed E-state index contributed by atoms with van der Waals surface area (Å²) in [5.41, 5.74) is 0.836. The van der Waals surface area contributed by atoms with Gasteiger partial charge < -0.3 is 19.5 Å². The van der Waals surface area contributed by atoms with Crippen LogP contribution in [-0.4, -0.2) is 75.5 Å². The van der Waals surface area contributed by atoms with Gasteiger partial charge in [-0.15, -0.1) is 0 Å². The normalized spacial score (nSPS) is 26.6. The molecule has 4 aliphatic heterocycles. The highest BCUT2D eigenvalue weighted by Gasteiger charge is 2.48. The lowest BCUT2D eigenvalue weighted by atomic mass is 9.92. The number of halogens is 2. The van der Waals surface area contributed by atoms with Crippen molar-refractivity contribution in [1.82, 2.24) is 19.9 Å². The maximum absolute atomic E-state index is 16.9. The van der Waals surface area contributed by atoms with Gasteiger partial charge in [0.1, 0.15) is 35.2 Å². The zero-order chi connectivity index (χ0) is 30.2. The molecule has 0 spiro atoms. The van der Waals surface area contributed by atoms with E-state index in [1.165, 1.54) is 12.1 Å². The zero-order valence-corrected chi connectivity index (χ0v) is 25.2. The van der Waals surface area contributed by atoms with Crippen molar-refractivity contribution >= 4 is 27.5 Å². The van der Waals surface area contributed by atoms with Gasteiger partial charge in [0.05, 0.1) is 36.2 Å². The lowest BCUT2D eigenvalue weighted by molar-refractivity contribution is 0.0898. The third-order valence-electron chi connectivity index (χ3n) is 10.4. The minimum absolute atomic E-state index is 0.00410. The van der Waals surface area contributed by atoms with Crippen LogP contribution in [0.5, 0.6) is 11.8 Å². The number of ether oxygens (including phenoxy) is 2. The highest BCUT2D eigenvalue weighted by Crippen LogP contribution is 2.44. The summed E-state index contributed by atoms with van der Waals surface area (Å²) < 4.78 is 44.1. The van der Waals surface area contributed by atoms with Crippen molar-refractivity contribution in [2.24, 2.45) is 5.92 Å². The van der Waals surface area contributed by atoms with Gasteiger partial charge in [-0.3, -0.25) is 9.88 Å². The molecule has 2 aromatic carbocycles. The van der Waals surface area contributed by atoms with E-state index < -0.39 is 5.82 Å². The van der Waals surface area contributed by atoms with Gasteiger partial charge in [0.2, 0.25) is 0 Å². The van der Waals surface area contributed by atoms with Gasteiger partial charge in [0.15, 0.2) is 5.82 Å². The topological polar surface area (TPSA) is 83.8 Å². The maximum atomic E-state index is 16.9. The summed E-state index contributed by atoms with van der Waals surface area (Å²) in [6.07, 6.45) is 7.21. The molecule has 1 N–H and O–H groups in total. The van der Waals surface area contributed by atoms with Crippen molar-refractivity contribution in [2.45, 2.75) is 70.0 Å². The Kier molecular flexibility index (Phi) is 6.64. The molecule has 4 fully saturated rings. The van der Waals surface area contributed by atoms with E-state index in [1.54, 1.807) is 18.3 Å². The summed E-state index contributed by atoms with van der Waals surface area (Å²) >= 11 is 0. The molecule has 4 aromatic rings. The average Bonchev–Trinajstić information content (AvgIpc) is 3.62. The smallest absolute Gasteiger partial charge is 0.319 e. The molecule has 0 aliphatic carbocycles. The summed E-state index contributed by atoms with van der Waals surface area (Å²) in [5, 5.41) is 12.2. The molecule has 44 heavy (non-hydrogen) atoms. The van der Waals surface area contributed by atoms with Gasteiger partial charge in [-0.2, -0.15) is 9.97 Å². The lowest BCUT2D eigenvalue weighted by Crippen LogP contribution is -2.46. The number of anilines is 1. The SMILES string of the molecule is CCc1c(F)ccc2cc(O)cc(-c3ncc4c(N5C6CCC5COC6)nc(OC[C@@]56CCCN5C[C@H](C)C6)nc4c3F)c12. The monoisotopic (exact) mass is 601 g/mol. The molecule has 0 radical (unpaired) electrons. The molecule has 4 aliphatic rings. The van der Waals surface area contributed by atoms with Crippen LogP contribution in [0.2, 0.25) is 0 Å². The first-order valence-corrected chi connectivity index (χ1v) is 15.9. The Morgan fingerprint density at radius 3 is 2.75 bits per heavy atom. The molecule has 4 saturated heterocycles. The Balaban J connectivity index is 1.29. The number of hydrogen-bond donors (Lipinski definition) is 1. The van der Waals surface area contributed by atoms with Crippen molar-refractivity contribution in [2.75, 3.05) is 37.8 Å². The second kappa shape index (κ2) is 10.5. The van der Waals surface area contributed by atoms with Crippen LogP contribution < -0.4 is 9.64 Å². The van der Waals surface area contributed by atoms with E-state index in [1.807, 2.05) is 6.92 Å². The maximum Gasteiger partial charge on any atom is 0.319 e. The summed E-state index contributed by atoms with van der Waals surface area (Å²) in [6.45, 7) is 7.89. The van der Waals surface area contributed by atoms with Crippen LogP contribution >= 0.6 is 0 Å². The Bertz CT molecular complexity index is 1770. The van der Waals surface area contributed by atoms with E-state index in [0.717, 1.165) is 45.2 Å². The first kappa shape index (κ1) is 27.9. The quantitative estimate of drug-likeness (QED) is 0.288. The Hall–Kier alpha value is -3.63. The van der Waals surface area contributed by atoms with E-state index in [2.05, 4.69) is 26.7 Å². The van der Waals surface area contributed by atoms with Gasteiger partial charge in [-0.1, -0.05) is 19.9 Å². The Labute approximate surface area is 255 Å². The van der Waals surface area contributed by atoms with Gasteiger partial charge in [0, 0.05) is 18.3 Å². The molecule has 8 rings (SSSR count). The summed E-state index contributed by atoms with van der Waals surface area (Å²) in [7, 11) is 0. The molecule has 0 saturated carbocycles. The van der Waals surface area contributed by atoms with Crippen LogP contribution in [0.15, 0.2) is 30.5 Å². The van der Waals surface area contributed by atoms with Crippen LogP contribution in [0, 0.1) is 17.6 Å². The first-order chi connectivity index (χ1) is 21.3. The fourth-order valence-electron chi connectivity index (χ4n) is 8.50. The molecule has 10 heteroatoms. The van der Waals surface area contributed by atoms with E-state index in [0.29, 0.717) is 65.3 Å². The van der Waals surface area contributed by atoms with Crippen LogP contribution in [0.25, 0.3) is 32.9 Å². The van der Waals surface area contributed by atoms with Crippen LogP contribution in [0.3, 0.4) is 0 Å². The van der Waals surface area contributed by atoms with Crippen molar-refractivity contribution in [3.05, 3.63) is 47.7 Å². The molecule has 0 amide bonds. The minimum Gasteiger partial charge on any atom is -0.508 e. The molecule has 2 bridgehead atoms. The molecule has 8 nitrogen and oxygen atoms in total. The summed E-state index contributed by atoms with van der Waals surface area (Å²) in [5.74, 6) is 0.131. The standard InChI is InChI=1S/C34H37F2N5O3/c1-3-24-27(35)8-5-20-11-23(42)12-25(28(20)24)30-29(36)31-26(14-37-30)32(41-21-6-7-22(41)17-43-16-21)39-33(38-31)44-18-34-9-4-10-40(34)15-19(2)13-34/h5,8,11-12,14,19,21-22,42H,3-4,6-7,9-10,13,15-18H2,1-2H3/t19-,21?,22?,34+/m1/s1. The molecule has 2 aromatic heterocycles. The number of phenolic OH excluding ortho intramolecular Hbond substituents is 1. The number of aromatic nitrogens is 3. The molecular formula is C34H37F2N5O3. The number of phenols is 1. The third kappa shape index (κ3) is 4.32. The van der Waals surface area contributed by atoms with Gasteiger partial charge in [0.25, 0.3) is 0 Å². The number of aryl methyl sites for hydroxylation is 1. The van der Waals surface area contributed by atoms with Gasteiger partial charge in [-0.25, -0.2) is 8.78 Å². The number of fused-ring (bicyclic) bond motifs is 5. The summed E-state index contributed by atoms with van der Waals surface area (Å²) in [4.78, 5) is 19.0. The minimum atomic E-state index is -0.648. The zero-order valence-electron chi connectivity index (χ0n) is 25.2. The molecule has 2 unspecified atom stereocenters. The second-order valence-corrected chi connectivity index (χ2v) is 13.2. The number of hydrogen-bond acceptors (Lipinski definition) is 8. The lowest BCUT2D eigenvalue weighted by Gasteiger charge is -2.36. The van der Waals surface area contributed by atoms with Crippen molar-refractivity contribution in [1.29, 1.82) is 0 Å². The van der Waals surface area contributed by atoms with Crippen molar-refractivity contribution in [3.8, 4) is 23.0 Å². The van der Waals surface area contributed by atoms with E-state index in [4.69, 9.17) is 14.5 Å². The third-order valence-corrected chi connectivity index (χ3v) is 10.4. The second-order valence-electron chi connectivity index (χ2n) is 13.2. The molecular weight excluding hydrogens is 564 g/mol. The van der Waals surface area contributed by atoms with Gasteiger partial charge in [-0.05, 0) is 85.5 Å². The number of nitrogens with zero attached hydrogens (tertiary/aromatic N) is 5. The van der Waals surface area contributed by atoms with Crippen LogP contribution in [-0.2, 0) is 11.2 Å². The predicted octanol–water partition coefficient (Wildman–Crippen LogP) is 6.01. The van der Waals surface area contributed by atoms with Crippen molar-refractivity contribution < 1.29 is 23.4 Å². The number of pyridine rings is 1. The van der Waals surface area contributed by atoms with Crippen LogP contribution in [0.4, 0.5) is 14.6 Å². The fourth-order valence-corrected chi connectivity index (χ4v) is 8.50. The van der Waals surface area contributed by atoms with E-state index in [9.17, 15) is 9.50 Å². The first-order valence-electron chi connectivity index (χ1n) is 15.9. The highest BCUT2D eigenvalue weighted by atomic mass is 19.1. The Morgan fingerprint density at radius 1 is 1.14 bits per heavy atom. The largest absolute Gasteiger partial charge is 0.508 e. The van der Waals surface area contributed by atoms with Gasteiger partial charge >= 0.3 is 6.01 Å².